The second-order valence-electron chi connectivity index (χ2n) is 9.96. The number of nitrogens with two attached hydrogens (primary N) is 1. The largest absolute Gasteiger partial charge is 0.464 e. The number of aliphatic hydroxyl groups excluding tert-OH is 1. The van der Waals surface area contributed by atoms with E-state index in [-0.39, 0.29) is 19.7 Å². The van der Waals surface area contributed by atoms with Gasteiger partial charge in [-0.15, -0.1) is 0 Å². The molecule has 4 N–H and O–H groups in total. The van der Waals surface area contributed by atoms with Gasteiger partial charge >= 0.3 is 11.9 Å². The summed E-state index contributed by atoms with van der Waals surface area (Å²) in [6.45, 7) is 25.2. The molecular formula is C27H58N2O5. The van der Waals surface area contributed by atoms with Crippen molar-refractivity contribution < 1.29 is 24.2 Å². The second kappa shape index (κ2) is 22.1. The summed E-state index contributed by atoms with van der Waals surface area (Å²) in [5.74, 6) is -1.01. The monoisotopic (exact) mass is 490 g/mol. The summed E-state index contributed by atoms with van der Waals surface area (Å²) in [6.07, 6.45) is 6.57. The first-order valence-electron chi connectivity index (χ1n) is 12.7. The Bertz CT molecular complexity index is 524. The van der Waals surface area contributed by atoms with E-state index in [1.54, 1.807) is 13.8 Å². The number of esters is 2. The van der Waals surface area contributed by atoms with Crippen LogP contribution in [0.2, 0.25) is 0 Å². The van der Waals surface area contributed by atoms with Crippen LogP contribution in [0.3, 0.4) is 0 Å². The summed E-state index contributed by atoms with van der Waals surface area (Å²) >= 11 is 0. The van der Waals surface area contributed by atoms with Crippen molar-refractivity contribution >= 4 is 11.9 Å². The molecule has 0 fully saturated rings. The number of rotatable bonds is 10. The summed E-state index contributed by atoms with van der Waals surface area (Å²) < 4.78 is 10.6. The summed E-state index contributed by atoms with van der Waals surface area (Å²) in [4.78, 5) is 23.4. The first kappa shape index (κ1) is 39.8. The van der Waals surface area contributed by atoms with Crippen molar-refractivity contribution in [1.29, 1.82) is 0 Å². The highest BCUT2D eigenvalue weighted by molar-refractivity contribution is 5.72. The van der Waals surface area contributed by atoms with Gasteiger partial charge < -0.3 is 20.3 Å². The van der Waals surface area contributed by atoms with Crippen molar-refractivity contribution in [2.75, 3.05) is 19.7 Å². The molecule has 0 aromatic rings. The third-order valence-electron chi connectivity index (χ3n) is 4.50. The highest BCUT2D eigenvalue weighted by Crippen LogP contribution is 2.34. The van der Waals surface area contributed by atoms with Crippen molar-refractivity contribution in [2.45, 2.75) is 121 Å². The number of carbonyl (C=O) groups is 2. The Labute approximate surface area is 211 Å². The van der Waals surface area contributed by atoms with Gasteiger partial charge in [-0.25, -0.2) is 0 Å². The predicted molar refractivity (Wildman–Crippen MR) is 144 cm³/mol. The molecule has 34 heavy (non-hydrogen) atoms. The Morgan fingerprint density at radius 3 is 1.68 bits per heavy atom. The van der Waals surface area contributed by atoms with E-state index in [0.717, 1.165) is 0 Å². The highest BCUT2D eigenvalue weighted by atomic mass is 16.6. The molecule has 0 heterocycles. The maximum atomic E-state index is 11.9. The zero-order valence-electron chi connectivity index (χ0n) is 24.6. The van der Waals surface area contributed by atoms with Crippen LogP contribution in [0.25, 0.3) is 0 Å². The number of carbonyl (C=O) groups excluding carboxylic acids is 2. The Morgan fingerprint density at radius 2 is 1.32 bits per heavy atom. The zero-order chi connectivity index (χ0) is 28.0. The maximum Gasteiger partial charge on any atom is 0.320 e. The lowest BCUT2D eigenvalue weighted by atomic mass is 9.77. The highest BCUT2D eigenvalue weighted by Gasteiger charge is 2.41. The minimum atomic E-state index is -0.883. The minimum Gasteiger partial charge on any atom is -0.464 e. The van der Waals surface area contributed by atoms with Crippen LogP contribution >= 0.6 is 0 Å². The average Bonchev–Trinajstić information content (AvgIpc) is 2.71. The minimum absolute atomic E-state index is 0.0622. The lowest BCUT2D eigenvalue weighted by Gasteiger charge is -2.40. The lowest BCUT2D eigenvalue weighted by molar-refractivity contribution is -0.174. The SMILES string of the molecule is CC=CC(C)(C)C(O)NCC(=O)OCC(C)(C)C(C)(C)OC(=O)CN.CCC.CCC.CCC. The molecule has 0 bridgehead atoms. The Hall–Kier alpha value is -1.44. The molecule has 1 atom stereocenters. The number of allylic oxidation sites excluding steroid dienone is 1. The number of nitrogens with one attached hydrogen (secondary N) is 1. The number of hydrogen-bond donors (Lipinski definition) is 3. The van der Waals surface area contributed by atoms with Crippen molar-refractivity contribution in [1.82, 2.24) is 5.32 Å². The zero-order valence-corrected chi connectivity index (χ0v) is 24.6. The van der Waals surface area contributed by atoms with Crippen LogP contribution < -0.4 is 11.1 Å². The first-order valence-corrected chi connectivity index (χ1v) is 12.7. The fourth-order valence-corrected chi connectivity index (χ4v) is 1.91. The molecule has 0 aromatic carbocycles. The molecule has 0 amide bonds. The molecule has 0 aliphatic heterocycles. The van der Waals surface area contributed by atoms with E-state index < -0.39 is 34.6 Å². The number of hydrogen-bond acceptors (Lipinski definition) is 7. The van der Waals surface area contributed by atoms with Crippen molar-refractivity contribution in [2.24, 2.45) is 16.6 Å². The number of ether oxygens (including phenoxy) is 2. The molecule has 0 spiro atoms. The normalized spacial score (nSPS) is 12.2. The Kier molecular flexibility index (Phi) is 25.8. The molecule has 0 aliphatic carbocycles. The van der Waals surface area contributed by atoms with Gasteiger partial charge in [-0.1, -0.05) is 101 Å². The van der Waals surface area contributed by atoms with E-state index in [1.807, 2.05) is 46.8 Å². The fourth-order valence-electron chi connectivity index (χ4n) is 1.91. The molecule has 7 heteroatoms. The van der Waals surface area contributed by atoms with Gasteiger partial charge in [-0.2, -0.15) is 0 Å². The van der Waals surface area contributed by atoms with E-state index in [4.69, 9.17) is 15.2 Å². The van der Waals surface area contributed by atoms with E-state index in [2.05, 4.69) is 46.9 Å². The predicted octanol–water partition coefficient (Wildman–Crippen LogP) is 5.60. The summed E-state index contributed by atoms with van der Waals surface area (Å²) in [5, 5.41) is 12.9. The first-order chi connectivity index (χ1) is 15.5. The molecule has 0 aromatic heterocycles. The van der Waals surface area contributed by atoms with Crippen molar-refractivity contribution in [3.63, 3.8) is 0 Å². The molecule has 7 nitrogen and oxygen atoms in total. The van der Waals surface area contributed by atoms with Crippen LogP contribution in [-0.2, 0) is 19.1 Å². The Balaban J connectivity index is -0.000000429. The van der Waals surface area contributed by atoms with Crippen LogP contribution in [-0.4, -0.2) is 48.6 Å². The van der Waals surface area contributed by atoms with Crippen LogP contribution in [0.4, 0.5) is 0 Å². The van der Waals surface area contributed by atoms with E-state index in [1.165, 1.54) is 19.3 Å². The van der Waals surface area contributed by atoms with Crippen LogP contribution in [0.5, 0.6) is 0 Å². The van der Waals surface area contributed by atoms with E-state index in [9.17, 15) is 14.7 Å². The fraction of sp³-hybridized carbons (Fsp3) is 0.852. The van der Waals surface area contributed by atoms with E-state index >= 15 is 0 Å². The van der Waals surface area contributed by atoms with Gasteiger partial charge in [0.15, 0.2) is 0 Å². The molecule has 0 aliphatic rings. The van der Waals surface area contributed by atoms with Gasteiger partial charge in [0.2, 0.25) is 0 Å². The summed E-state index contributed by atoms with van der Waals surface area (Å²) in [5.41, 5.74) is 3.29. The van der Waals surface area contributed by atoms with Gasteiger partial charge in [0, 0.05) is 10.8 Å². The third kappa shape index (κ3) is 21.1. The van der Waals surface area contributed by atoms with Crippen LogP contribution in [0.1, 0.15) is 109 Å². The average molecular weight is 491 g/mol. The van der Waals surface area contributed by atoms with Crippen LogP contribution in [0, 0.1) is 10.8 Å². The smallest absolute Gasteiger partial charge is 0.320 e. The number of aliphatic hydroxyl groups is 1. The topological polar surface area (TPSA) is 111 Å². The quantitative estimate of drug-likeness (QED) is 0.208. The second-order valence-corrected chi connectivity index (χ2v) is 9.96. The molecule has 0 rings (SSSR count). The maximum absolute atomic E-state index is 11.9. The third-order valence-corrected chi connectivity index (χ3v) is 4.50. The van der Waals surface area contributed by atoms with E-state index in [0.29, 0.717) is 0 Å². The van der Waals surface area contributed by atoms with Gasteiger partial charge in [0.1, 0.15) is 18.4 Å². The van der Waals surface area contributed by atoms with Gasteiger partial charge in [-0.3, -0.25) is 14.9 Å². The molecule has 0 radical (unpaired) electrons. The van der Waals surface area contributed by atoms with Gasteiger partial charge in [0.25, 0.3) is 0 Å². The molecular weight excluding hydrogens is 432 g/mol. The molecule has 0 saturated carbocycles. The standard InChI is InChI=1S/C18H34N2O5.3C3H8/c1-8-9-16(2,3)15(23)20-11-14(22)24-12-17(4,5)18(6,7)25-13(21)10-19;3*1-3-2/h8-9,15,20,23H,10-12,19H2,1-7H3;3*3H2,1-2H3. The molecule has 0 saturated heterocycles. The summed E-state index contributed by atoms with van der Waals surface area (Å²) in [6, 6.07) is 0. The molecule has 206 valence electrons. The Morgan fingerprint density at radius 1 is 0.912 bits per heavy atom. The lowest BCUT2D eigenvalue weighted by Crippen LogP contribution is -2.48. The van der Waals surface area contributed by atoms with Gasteiger partial charge in [0.05, 0.1) is 13.1 Å². The van der Waals surface area contributed by atoms with Crippen molar-refractivity contribution in [3.05, 3.63) is 12.2 Å². The molecule has 1 unspecified atom stereocenters. The summed E-state index contributed by atoms with van der Waals surface area (Å²) in [7, 11) is 0. The van der Waals surface area contributed by atoms with Gasteiger partial charge in [-0.05, 0) is 20.8 Å². The van der Waals surface area contributed by atoms with Crippen molar-refractivity contribution in [3.8, 4) is 0 Å². The van der Waals surface area contributed by atoms with Crippen LogP contribution in [0.15, 0.2) is 12.2 Å².